The average Bonchev–Trinajstić information content (AvgIpc) is 3.00. The fraction of sp³-hybridized carbons (Fsp3) is 0.350. The minimum Gasteiger partial charge on any atom is -0.383 e. The van der Waals surface area contributed by atoms with Gasteiger partial charge < -0.3 is 15.5 Å². The van der Waals surface area contributed by atoms with E-state index in [4.69, 9.17) is 17.3 Å². The largest absolute Gasteiger partial charge is 0.383 e. The Labute approximate surface area is 183 Å². The average molecular weight is 448 g/mol. The molecule has 2 aromatic heterocycles. The number of nitrogens with zero attached hydrogens (tertiary/aromatic N) is 4. The number of nitrogens with two attached hydrogens (primary N) is 1. The number of aryl methyl sites for hydroxylation is 2. The molecule has 0 spiro atoms. The molecule has 29 heavy (non-hydrogen) atoms. The predicted molar refractivity (Wildman–Crippen MR) is 122 cm³/mol. The van der Waals surface area contributed by atoms with Gasteiger partial charge >= 0.3 is 0 Å². The van der Waals surface area contributed by atoms with Crippen molar-refractivity contribution >= 4 is 62.3 Å². The first-order valence-electron chi connectivity index (χ1n) is 9.36. The van der Waals surface area contributed by atoms with Crippen molar-refractivity contribution in [2.24, 2.45) is 0 Å². The second kappa shape index (κ2) is 8.38. The van der Waals surface area contributed by atoms with Crippen LogP contribution in [0.25, 0.3) is 10.2 Å². The molecule has 3 aromatic rings. The highest BCUT2D eigenvalue weighted by molar-refractivity contribution is 7.99. The van der Waals surface area contributed by atoms with Crippen molar-refractivity contribution in [2.45, 2.75) is 19.0 Å². The van der Waals surface area contributed by atoms with E-state index in [0.29, 0.717) is 29.8 Å². The number of aromatic nitrogens is 2. The maximum atomic E-state index is 12.7. The lowest BCUT2D eigenvalue weighted by atomic mass is 10.2. The lowest BCUT2D eigenvalue weighted by molar-refractivity contribution is -0.128. The maximum Gasteiger partial charge on any atom is 0.233 e. The molecule has 9 heteroatoms. The predicted octanol–water partition coefficient (Wildman–Crippen LogP) is 3.98. The number of hydrogen-bond donors (Lipinski definition) is 1. The quantitative estimate of drug-likeness (QED) is 0.481. The van der Waals surface area contributed by atoms with Gasteiger partial charge in [0.15, 0.2) is 5.16 Å². The van der Waals surface area contributed by atoms with E-state index in [1.807, 2.05) is 36.1 Å². The van der Waals surface area contributed by atoms with Crippen LogP contribution < -0.4 is 10.6 Å². The molecule has 0 bridgehead atoms. The molecule has 1 aromatic carbocycles. The van der Waals surface area contributed by atoms with Gasteiger partial charge in [0.2, 0.25) is 5.91 Å². The van der Waals surface area contributed by atoms with Crippen molar-refractivity contribution in [2.75, 3.05) is 42.6 Å². The summed E-state index contributed by atoms with van der Waals surface area (Å²) < 4.78 is 0. The summed E-state index contributed by atoms with van der Waals surface area (Å²) in [6.07, 6.45) is 0. The molecule has 0 atom stereocenters. The van der Waals surface area contributed by atoms with Crippen molar-refractivity contribution in [3.63, 3.8) is 0 Å². The van der Waals surface area contributed by atoms with Crippen LogP contribution >= 0.6 is 34.7 Å². The molecule has 2 N–H and O–H groups in total. The third-order valence-electron chi connectivity index (χ3n) is 5.17. The second-order valence-corrected chi connectivity index (χ2v) is 9.57. The van der Waals surface area contributed by atoms with Crippen LogP contribution in [0.5, 0.6) is 0 Å². The fourth-order valence-electron chi connectivity index (χ4n) is 3.43. The third kappa shape index (κ3) is 4.29. The number of carbonyl (C=O) groups excluding carboxylic acids is 1. The molecule has 0 unspecified atom stereocenters. The zero-order valence-corrected chi connectivity index (χ0v) is 18.7. The first-order chi connectivity index (χ1) is 13.9. The number of halogens is 1. The van der Waals surface area contributed by atoms with E-state index in [1.165, 1.54) is 16.6 Å². The summed E-state index contributed by atoms with van der Waals surface area (Å²) in [5, 5.41) is 2.22. The number of anilines is 2. The Kier molecular flexibility index (Phi) is 5.85. The van der Waals surface area contributed by atoms with Gasteiger partial charge in [-0.2, -0.15) is 0 Å². The molecular weight excluding hydrogens is 426 g/mol. The second-order valence-electron chi connectivity index (χ2n) is 6.99. The van der Waals surface area contributed by atoms with Crippen LogP contribution in [0, 0.1) is 13.8 Å². The van der Waals surface area contributed by atoms with Gasteiger partial charge in [-0.15, -0.1) is 11.3 Å². The van der Waals surface area contributed by atoms with Crippen molar-refractivity contribution in [1.82, 2.24) is 14.9 Å². The van der Waals surface area contributed by atoms with E-state index in [-0.39, 0.29) is 5.91 Å². The minimum atomic E-state index is 0.0987. The molecule has 6 nitrogen and oxygen atoms in total. The lowest BCUT2D eigenvalue weighted by Crippen LogP contribution is -2.49. The van der Waals surface area contributed by atoms with E-state index in [2.05, 4.69) is 21.8 Å². The highest BCUT2D eigenvalue weighted by Gasteiger charge is 2.22. The number of hydrogen-bond acceptors (Lipinski definition) is 7. The summed E-state index contributed by atoms with van der Waals surface area (Å²) in [5.41, 5.74) is 8.36. The van der Waals surface area contributed by atoms with Crippen LogP contribution in [-0.2, 0) is 4.79 Å². The maximum absolute atomic E-state index is 12.7. The minimum absolute atomic E-state index is 0.0987. The highest BCUT2D eigenvalue weighted by Crippen LogP contribution is 2.33. The Morgan fingerprint density at radius 1 is 1.24 bits per heavy atom. The summed E-state index contributed by atoms with van der Waals surface area (Å²) in [7, 11) is 0. The monoisotopic (exact) mass is 447 g/mol. The van der Waals surface area contributed by atoms with E-state index in [9.17, 15) is 4.79 Å². The van der Waals surface area contributed by atoms with E-state index in [0.717, 1.165) is 39.6 Å². The van der Waals surface area contributed by atoms with Crippen molar-refractivity contribution in [3.8, 4) is 0 Å². The Morgan fingerprint density at radius 3 is 2.72 bits per heavy atom. The van der Waals surface area contributed by atoms with Gasteiger partial charge in [0.25, 0.3) is 0 Å². The van der Waals surface area contributed by atoms with E-state index >= 15 is 0 Å². The van der Waals surface area contributed by atoms with E-state index in [1.54, 1.807) is 11.3 Å². The normalized spacial score (nSPS) is 14.6. The number of carbonyl (C=O) groups is 1. The molecular formula is C20H22ClN5OS2. The summed E-state index contributed by atoms with van der Waals surface area (Å²) >= 11 is 9.05. The Balaban J connectivity index is 1.35. The number of benzene rings is 1. The zero-order valence-electron chi connectivity index (χ0n) is 16.3. The number of nitrogen functional groups attached to an aromatic ring is 1. The molecule has 0 saturated carbocycles. The van der Waals surface area contributed by atoms with Crippen LogP contribution in [0.2, 0.25) is 5.02 Å². The molecule has 3 heterocycles. The topological polar surface area (TPSA) is 75.4 Å². The zero-order chi connectivity index (χ0) is 20.5. The Bertz CT molecular complexity index is 1060. The third-order valence-corrected chi connectivity index (χ3v) is 7.33. The number of amides is 1. The van der Waals surface area contributed by atoms with Crippen molar-refractivity contribution in [1.29, 1.82) is 0 Å². The molecule has 1 fully saturated rings. The smallest absolute Gasteiger partial charge is 0.233 e. The molecule has 1 aliphatic rings. The van der Waals surface area contributed by atoms with Gasteiger partial charge in [-0.25, -0.2) is 9.97 Å². The molecule has 1 saturated heterocycles. The van der Waals surface area contributed by atoms with Crippen LogP contribution in [0.4, 0.5) is 11.5 Å². The van der Waals surface area contributed by atoms with Gasteiger partial charge in [0, 0.05) is 41.8 Å². The Morgan fingerprint density at radius 2 is 2.00 bits per heavy atom. The number of thiophene rings is 1. The highest BCUT2D eigenvalue weighted by atomic mass is 35.5. The first kappa shape index (κ1) is 20.3. The van der Waals surface area contributed by atoms with Crippen molar-refractivity contribution in [3.05, 3.63) is 39.7 Å². The van der Waals surface area contributed by atoms with Crippen LogP contribution in [0.1, 0.15) is 10.4 Å². The van der Waals surface area contributed by atoms with Gasteiger partial charge in [-0.05, 0) is 37.6 Å². The van der Waals surface area contributed by atoms with Gasteiger partial charge in [0.05, 0.1) is 11.1 Å². The lowest BCUT2D eigenvalue weighted by Gasteiger charge is -2.36. The first-order valence-corrected chi connectivity index (χ1v) is 11.5. The van der Waals surface area contributed by atoms with Crippen LogP contribution in [0.3, 0.4) is 0 Å². The Hall–Kier alpha value is -2.03. The molecule has 0 radical (unpaired) electrons. The molecule has 4 rings (SSSR count). The van der Waals surface area contributed by atoms with Gasteiger partial charge in [-0.3, -0.25) is 4.79 Å². The standard InChI is InChI=1S/C20H22ClN5OS2/c1-12-13(2)29-19-17(12)18(22)23-20(24-19)28-11-16(27)26-8-6-25(7-9-26)15-5-3-4-14(21)10-15/h3-5,10H,6-9,11H2,1-2H3,(H2,22,23,24). The van der Waals surface area contributed by atoms with Crippen LogP contribution in [-0.4, -0.2) is 52.7 Å². The van der Waals surface area contributed by atoms with Crippen molar-refractivity contribution < 1.29 is 4.79 Å². The fourth-order valence-corrected chi connectivity index (χ4v) is 5.46. The van der Waals surface area contributed by atoms with Gasteiger partial charge in [0.1, 0.15) is 10.6 Å². The summed E-state index contributed by atoms with van der Waals surface area (Å²) in [6, 6.07) is 7.82. The summed E-state index contributed by atoms with van der Waals surface area (Å²) in [6.45, 7) is 7.06. The molecule has 1 aliphatic heterocycles. The van der Waals surface area contributed by atoms with E-state index < -0.39 is 0 Å². The number of rotatable bonds is 4. The number of thioether (sulfide) groups is 1. The number of fused-ring (bicyclic) bond motifs is 1. The van der Waals surface area contributed by atoms with Gasteiger partial charge in [-0.1, -0.05) is 29.4 Å². The SMILES string of the molecule is Cc1sc2nc(SCC(=O)N3CCN(c4cccc(Cl)c4)CC3)nc(N)c2c1C. The molecule has 0 aliphatic carbocycles. The summed E-state index contributed by atoms with van der Waals surface area (Å²) in [5.74, 6) is 0.898. The molecule has 1 amide bonds. The summed E-state index contributed by atoms with van der Waals surface area (Å²) in [4.78, 5) is 27.9. The molecule has 152 valence electrons. The number of piperazine rings is 1. The van der Waals surface area contributed by atoms with Crippen LogP contribution in [0.15, 0.2) is 29.4 Å².